The first-order valence-corrected chi connectivity index (χ1v) is 9.85. The Kier molecular flexibility index (Phi) is 4.81. The maximum atomic E-state index is 12.8. The minimum atomic E-state index is -3.76. The number of hydrogen-bond donors (Lipinski definition) is 1. The van der Waals surface area contributed by atoms with Crippen LogP contribution in [-0.2, 0) is 10.0 Å². The fourth-order valence-corrected chi connectivity index (χ4v) is 4.32. The van der Waals surface area contributed by atoms with Gasteiger partial charge < -0.3 is 4.90 Å². The third-order valence-corrected chi connectivity index (χ3v) is 5.85. The summed E-state index contributed by atoms with van der Waals surface area (Å²) < 4.78 is 28.2. The molecule has 0 aliphatic carbocycles. The van der Waals surface area contributed by atoms with E-state index in [0.717, 1.165) is 37.1 Å². The number of benzene rings is 2. The molecule has 1 saturated heterocycles. The van der Waals surface area contributed by atoms with Crippen LogP contribution in [0.3, 0.4) is 0 Å². The SMILES string of the molecule is Cc1cccc(C)c1NS(=O)(=O)c1cccc(C(=O)N2CCCC2)c1. The third-order valence-electron chi connectivity index (χ3n) is 4.50. The molecule has 2 aromatic carbocycles. The minimum Gasteiger partial charge on any atom is -0.339 e. The number of carbonyl (C=O) groups is 1. The molecule has 0 radical (unpaired) electrons. The Bertz CT molecular complexity index is 880. The summed E-state index contributed by atoms with van der Waals surface area (Å²) in [6.45, 7) is 5.18. The van der Waals surface area contributed by atoms with Gasteiger partial charge >= 0.3 is 0 Å². The van der Waals surface area contributed by atoms with E-state index in [0.29, 0.717) is 11.3 Å². The van der Waals surface area contributed by atoms with Gasteiger partial charge in [0.2, 0.25) is 0 Å². The summed E-state index contributed by atoms with van der Waals surface area (Å²) in [4.78, 5) is 14.4. The summed E-state index contributed by atoms with van der Waals surface area (Å²) in [5, 5.41) is 0. The van der Waals surface area contributed by atoms with Gasteiger partial charge in [-0.2, -0.15) is 0 Å². The predicted molar refractivity (Wildman–Crippen MR) is 98.3 cm³/mol. The van der Waals surface area contributed by atoms with Crippen LogP contribution in [0.2, 0.25) is 0 Å². The molecular formula is C19H22N2O3S. The normalized spacial score (nSPS) is 14.6. The zero-order valence-corrected chi connectivity index (χ0v) is 15.3. The molecule has 1 amide bonds. The summed E-state index contributed by atoms with van der Waals surface area (Å²) in [6, 6.07) is 11.8. The molecule has 0 unspecified atom stereocenters. The number of aryl methyl sites for hydroxylation is 2. The maximum absolute atomic E-state index is 12.8. The van der Waals surface area contributed by atoms with Crippen molar-refractivity contribution in [3.05, 3.63) is 59.2 Å². The van der Waals surface area contributed by atoms with Gasteiger partial charge in [0.05, 0.1) is 10.6 Å². The van der Waals surface area contributed by atoms with E-state index >= 15 is 0 Å². The van der Waals surface area contributed by atoms with Crippen molar-refractivity contribution in [3.8, 4) is 0 Å². The fraction of sp³-hybridized carbons (Fsp3) is 0.316. The van der Waals surface area contributed by atoms with Crippen molar-refractivity contribution in [2.75, 3.05) is 17.8 Å². The molecule has 1 aliphatic rings. The Morgan fingerprint density at radius 3 is 2.24 bits per heavy atom. The van der Waals surface area contributed by atoms with Gasteiger partial charge in [-0.3, -0.25) is 9.52 Å². The number of sulfonamides is 1. The number of nitrogens with one attached hydrogen (secondary N) is 1. The van der Waals surface area contributed by atoms with Crippen molar-refractivity contribution in [2.24, 2.45) is 0 Å². The van der Waals surface area contributed by atoms with Gasteiger partial charge in [0.15, 0.2) is 0 Å². The topological polar surface area (TPSA) is 66.5 Å². The Morgan fingerprint density at radius 2 is 1.60 bits per heavy atom. The van der Waals surface area contributed by atoms with E-state index in [1.807, 2.05) is 32.0 Å². The number of nitrogens with zero attached hydrogens (tertiary/aromatic N) is 1. The summed E-state index contributed by atoms with van der Waals surface area (Å²) >= 11 is 0. The quantitative estimate of drug-likeness (QED) is 0.911. The molecule has 1 aliphatic heterocycles. The van der Waals surface area contributed by atoms with Crippen LogP contribution in [0.25, 0.3) is 0 Å². The summed E-state index contributed by atoms with van der Waals surface area (Å²) in [5.41, 5.74) is 2.70. The van der Waals surface area contributed by atoms with E-state index < -0.39 is 10.0 Å². The first-order valence-electron chi connectivity index (χ1n) is 8.37. The molecule has 1 fully saturated rings. The van der Waals surface area contributed by atoms with Crippen molar-refractivity contribution in [1.29, 1.82) is 0 Å². The van der Waals surface area contributed by atoms with Crippen LogP contribution < -0.4 is 4.72 Å². The average molecular weight is 358 g/mol. The molecular weight excluding hydrogens is 336 g/mol. The highest BCUT2D eigenvalue weighted by atomic mass is 32.2. The second-order valence-electron chi connectivity index (χ2n) is 6.40. The second-order valence-corrected chi connectivity index (χ2v) is 8.08. The zero-order valence-electron chi connectivity index (χ0n) is 14.5. The van der Waals surface area contributed by atoms with E-state index in [9.17, 15) is 13.2 Å². The van der Waals surface area contributed by atoms with E-state index in [2.05, 4.69) is 4.72 Å². The van der Waals surface area contributed by atoms with Crippen molar-refractivity contribution in [2.45, 2.75) is 31.6 Å². The van der Waals surface area contributed by atoms with Gasteiger partial charge in [0.1, 0.15) is 0 Å². The lowest BCUT2D eigenvalue weighted by Crippen LogP contribution is -2.27. The fourth-order valence-electron chi connectivity index (χ4n) is 3.07. The molecule has 25 heavy (non-hydrogen) atoms. The van der Waals surface area contributed by atoms with Gasteiger partial charge in [-0.25, -0.2) is 8.42 Å². The van der Waals surface area contributed by atoms with Gasteiger partial charge in [-0.05, 0) is 56.0 Å². The second kappa shape index (κ2) is 6.88. The van der Waals surface area contributed by atoms with Crippen LogP contribution in [0.15, 0.2) is 47.4 Å². The van der Waals surface area contributed by atoms with Crippen molar-refractivity contribution in [3.63, 3.8) is 0 Å². The highest BCUT2D eigenvalue weighted by Gasteiger charge is 2.22. The van der Waals surface area contributed by atoms with E-state index in [-0.39, 0.29) is 10.8 Å². The first kappa shape index (κ1) is 17.5. The van der Waals surface area contributed by atoms with Gasteiger partial charge in [0.25, 0.3) is 15.9 Å². The maximum Gasteiger partial charge on any atom is 0.261 e. The Morgan fingerprint density at radius 1 is 1.00 bits per heavy atom. The van der Waals surface area contributed by atoms with E-state index in [4.69, 9.17) is 0 Å². The van der Waals surface area contributed by atoms with Crippen molar-refractivity contribution >= 4 is 21.6 Å². The first-order chi connectivity index (χ1) is 11.9. The number of likely N-dealkylation sites (tertiary alicyclic amines) is 1. The van der Waals surface area contributed by atoms with Gasteiger partial charge in [0, 0.05) is 18.7 Å². The van der Waals surface area contributed by atoms with Crippen LogP contribution >= 0.6 is 0 Å². The molecule has 0 atom stereocenters. The lowest BCUT2D eigenvalue weighted by Gasteiger charge is -2.16. The number of hydrogen-bond acceptors (Lipinski definition) is 3. The van der Waals surface area contributed by atoms with Gasteiger partial charge in [-0.15, -0.1) is 0 Å². The van der Waals surface area contributed by atoms with Crippen LogP contribution in [0.5, 0.6) is 0 Å². The molecule has 5 nitrogen and oxygen atoms in total. The molecule has 1 heterocycles. The summed E-state index contributed by atoms with van der Waals surface area (Å²) in [6.07, 6.45) is 2.00. The van der Waals surface area contributed by atoms with Crippen LogP contribution in [0.1, 0.15) is 34.3 Å². The highest BCUT2D eigenvalue weighted by molar-refractivity contribution is 7.92. The number of anilines is 1. The Hall–Kier alpha value is -2.34. The molecule has 132 valence electrons. The number of amides is 1. The Labute approximate surface area is 148 Å². The summed E-state index contributed by atoms with van der Waals surface area (Å²) in [7, 11) is -3.76. The van der Waals surface area contributed by atoms with Crippen molar-refractivity contribution < 1.29 is 13.2 Å². The van der Waals surface area contributed by atoms with Gasteiger partial charge in [-0.1, -0.05) is 24.3 Å². The molecule has 6 heteroatoms. The number of rotatable bonds is 4. The smallest absolute Gasteiger partial charge is 0.261 e. The molecule has 0 saturated carbocycles. The highest BCUT2D eigenvalue weighted by Crippen LogP contribution is 2.24. The predicted octanol–water partition coefficient (Wildman–Crippen LogP) is 3.34. The standard InChI is InChI=1S/C19H22N2O3S/c1-14-7-5-8-15(2)18(14)20-25(23,24)17-10-6-9-16(13-17)19(22)21-11-3-4-12-21/h5-10,13,20H,3-4,11-12H2,1-2H3. The molecule has 0 bridgehead atoms. The van der Waals surface area contributed by atoms with Crippen LogP contribution in [0, 0.1) is 13.8 Å². The van der Waals surface area contributed by atoms with Crippen molar-refractivity contribution in [1.82, 2.24) is 4.90 Å². The average Bonchev–Trinajstić information content (AvgIpc) is 3.12. The number of carbonyl (C=O) groups excluding carboxylic acids is 1. The third kappa shape index (κ3) is 3.69. The molecule has 0 spiro atoms. The van der Waals surface area contributed by atoms with E-state index in [1.54, 1.807) is 17.0 Å². The minimum absolute atomic E-state index is 0.0974. The molecule has 0 aromatic heterocycles. The Balaban J connectivity index is 1.90. The lowest BCUT2D eigenvalue weighted by molar-refractivity contribution is 0.0792. The molecule has 3 rings (SSSR count). The monoisotopic (exact) mass is 358 g/mol. The number of para-hydroxylation sites is 1. The summed E-state index contributed by atoms with van der Waals surface area (Å²) in [5.74, 6) is -0.110. The lowest BCUT2D eigenvalue weighted by atomic mass is 10.1. The largest absolute Gasteiger partial charge is 0.339 e. The zero-order chi connectivity index (χ0) is 18.0. The van der Waals surface area contributed by atoms with Crippen LogP contribution in [0.4, 0.5) is 5.69 Å². The van der Waals surface area contributed by atoms with Crippen LogP contribution in [-0.4, -0.2) is 32.3 Å². The molecule has 1 N–H and O–H groups in total. The molecule has 2 aromatic rings. The van der Waals surface area contributed by atoms with E-state index in [1.165, 1.54) is 12.1 Å².